The summed E-state index contributed by atoms with van der Waals surface area (Å²) in [5, 5.41) is 5.28. The van der Waals surface area contributed by atoms with E-state index in [0.717, 1.165) is 39.4 Å². The number of fused-ring (bicyclic) bond motifs is 1. The second kappa shape index (κ2) is 8.35. The van der Waals surface area contributed by atoms with E-state index in [-0.39, 0.29) is 5.91 Å². The Labute approximate surface area is 186 Å². The lowest BCUT2D eigenvalue weighted by atomic mass is 10.1. The molecule has 5 rings (SSSR count). The minimum Gasteiger partial charge on any atom is -0.378 e. The number of morpholine rings is 1. The number of hydrogen-bond donors (Lipinski definition) is 1. The zero-order chi connectivity index (χ0) is 20.5. The van der Waals surface area contributed by atoms with Crippen LogP contribution in [0.1, 0.15) is 9.67 Å². The molecular formula is C22H18ClN3O2S2. The summed E-state index contributed by atoms with van der Waals surface area (Å²) in [5.41, 5.74) is 3.00. The first-order chi connectivity index (χ1) is 14.7. The molecule has 152 valence electrons. The van der Waals surface area contributed by atoms with Crippen molar-refractivity contribution in [3.05, 3.63) is 64.5 Å². The van der Waals surface area contributed by atoms with Crippen LogP contribution in [0, 0.1) is 0 Å². The zero-order valence-electron chi connectivity index (χ0n) is 15.9. The third-order valence-electron chi connectivity index (χ3n) is 4.89. The van der Waals surface area contributed by atoms with E-state index in [1.54, 1.807) is 6.07 Å². The SMILES string of the molecule is O=C(Nc1nc2ccc(Cl)cc2s1)c1cc(-c2ccccc2)c(N2CCOCC2)s1. The summed E-state index contributed by atoms with van der Waals surface area (Å²) >= 11 is 8.99. The minimum atomic E-state index is -0.151. The van der Waals surface area contributed by atoms with Gasteiger partial charge in [0.1, 0.15) is 0 Å². The van der Waals surface area contributed by atoms with Gasteiger partial charge in [-0.15, -0.1) is 11.3 Å². The number of thiazole rings is 1. The van der Waals surface area contributed by atoms with Crippen LogP contribution in [-0.4, -0.2) is 37.2 Å². The Kier molecular flexibility index (Phi) is 5.43. The maximum atomic E-state index is 13.0. The summed E-state index contributed by atoms with van der Waals surface area (Å²) in [6.45, 7) is 3.03. The summed E-state index contributed by atoms with van der Waals surface area (Å²) in [6.07, 6.45) is 0. The van der Waals surface area contributed by atoms with Crippen molar-refractivity contribution in [2.24, 2.45) is 0 Å². The van der Waals surface area contributed by atoms with Crippen molar-refractivity contribution in [2.45, 2.75) is 0 Å². The van der Waals surface area contributed by atoms with Crippen molar-refractivity contribution < 1.29 is 9.53 Å². The van der Waals surface area contributed by atoms with Crippen LogP contribution in [0.2, 0.25) is 5.02 Å². The molecule has 0 saturated carbocycles. The molecule has 5 nitrogen and oxygen atoms in total. The Morgan fingerprint density at radius 1 is 1.07 bits per heavy atom. The monoisotopic (exact) mass is 455 g/mol. The van der Waals surface area contributed by atoms with E-state index in [9.17, 15) is 4.79 Å². The van der Waals surface area contributed by atoms with Crippen LogP contribution in [0.4, 0.5) is 10.1 Å². The van der Waals surface area contributed by atoms with Gasteiger partial charge in [0.2, 0.25) is 0 Å². The molecule has 0 aliphatic carbocycles. The molecule has 1 aliphatic heterocycles. The fourth-order valence-corrected chi connectivity index (χ4v) is 5.69. The van der Waals surface area contributed by atoms with Crippen LogP contribution in [-0.2, 0) is 4.74 Å². The molecule has 0 unspecified atom stereocenters. The van der Waals surface area contributed by atoms with E-state index in [4.69, 9.17) is 16.3 Å². The Morgan fingerprint density at radius 3 is 2.67 bits per heavy atom. The summed E-state index contributed by atoms with van der Waals surface area (Å²) in [6, 6.07) is 17.7. The number of amides is 1. The fraction of sp³-hybridized carbons (Fsp3) is 0.182. The van der Waals surface area contributed by atoms with Crippen LogP contribution in [0.15, 0.2) is 54.6 Å². The zero-order valence-corrected chi connectivity index (χ0v) is 18.3. The van der Waals surface area contributed by atoms with Gasteiger partial charge in [0.25, 0.3) is 5.91 Å². The van der Waals surface area contributed by atoms with Gasteiger partial charge in [0.15, 0.2) is 5.13 Å². The molecule has 0 radical (unpaired) electrons. The first kappa shape index (κ1) is 19.5. The summed E-state index contributed by atoms with van der Waals surface area (Å²) in [4.78, 5) is 20.5. The van der Waals surface area contributed by atoms with Crippen molar-refractivity contribution in [1.29, 1.82) is 0 Å². The Hall–Kier alpha value is -2.45. The third kappa shape index (κ3) is 3.94. The summed E-state index contributed by atoms with van der Waals surface area (Å²) in [7, 11) is 0. The third-order valence-corrected chi connectivity index (χ3v) is 7.25. The van der Waals surface area contributed by atoms with Crippen LogP contribution < -0.4 is 10.2 Å². The van der Waals surface area contributed by atoms with Crippen molar-refractivity contribution in [2.75, 3.05) is 36.5 Å². The first-order valence-corrected chi connectivity index (χ1v) is 11.6. The van der Waals surface area contributed by atoms with Gasteiger partial charge in [-0.3, -0.25) is 10.1 Å². The van der Waals surface area contributed by atoms with Crippen LogP contribution in [0.5, 0.6) is 0 Å². The molecule has 2 aromatic heterocycles. The lowest BCUT2D eigenvalue weighted by molar-refractivity contribution is 0.103. The average molecular weight is 456 g/mol. The predicted molar refractivity (Wildman–Crippen MR) is 125 cm³/mol. The fourth-order valence-electron chi connectivity index (χ4n) is 3.43. The molecule has 0 bridgehead atoms. The van der Waals surface area contributed by atoms with Gasteiger partial charge < -0.3 is 9.64 Å². The number of nitrogens with one attached hydrogen (secondary N) is 1. The minimum absolute atomic E-state index is 0.151. The maximum Gasteiger partial charge on any atom is 0.267 e. The smallest absolute Gasteiger partial charge is 0.267 e. The summed E-state index contributed by atoms with van der Waals surface area (Å²) < 4.78 is 6.45. The number of carbonyl (C=O) groups is 1. The standard InChI is InChI=1S/C22H18ClN3O2S2/c23-15-6-7-17-18(12-15)30-22(24-17)25-20(27)19-13-16(14-4-2-1-3-5-14)21(29-19)26-8-10-28-11-9-26/h1-7,12-13H,8-11H2,(H,24,25,27). The molecule has 1 aliphatic rings. The Bertz CT molecular complexity index is 1200. The molecule has 0 atom stereocenters. The van der Waals surface area contributed by atoms with Crippen molar-refractivity contribution in [3.63, 3.8) is 0 Å². The quantitative estimate of drug-likeness (QED) is 0.424. The van der Waals surface area contributed by atoms with E-state index < -0.39 is 0 Å². The Balaban J connectivity index is 1.46. The maximum absolute atomic E-state index is 13.0. The van der Waals surface area contributed by atoms with Gasteiger partial charge in [-0.25, -0.2) is 4.98 Å². The van der Waals surface area contributed by atoms with Crippen LogP contribution in [0.25, 0.3) is 21.3 Å². The highest BCUT2D eigenvalue weighted by atomic mass is 35.5. The number of benzene rings is 2. The molecule has 1 N–H and O–H groups in total. The number of anilines is 2. The van der Waals surface area contributed by atoms with Gasteiger partial charge >= 0.3 is 0 Å². The van der Waals surface area contributed by atoms with E-state index in [2.05, 4.69) is 27.3 Å². The molecule has 0 spiro atoms. The van der Waals surface area contributed by atoms with E-state index >= 15 is 0 Å². The normalized spacial score (nSPS) is 14.2. The molecule has 3 heterocycles. The number of nitrogens with zero attached hydrogens (tertiary/aromatic N) is 2. The molecule has 2 aromatic carbocycles. The van der Waals surface area contributed by atoms with Crippen molar-refractivity contribution >= 4 is 60.5 Å². The number of thiophene rings is 1. The van der Waals surface area contributed by atoms with Gasteiger partial charge in [0, 0.05) is 23.7 Å². The highest BCUT2D eigenvalue weighted by Crippen LogP contribution is 2.40. The lowest BCUT2D eigenvalue weighted by Gasteiger charge is -2.28. The number of carbonyl (C=O) groups excluding carboxylic acids is 1. The number of hydrogen-bond acceptors (Lipinski definition) is 6. The topological polar surface area (TPSA) is 54.5 Å². The van der Waals surface area contributed by atoms with E-state index in [1.807, 2.05) is 36.4 Å². The highest BCUT2D eigenvalue weighted by Gasteiger charge is 2.22. The van der Waals surface area contributed by atoms with Gasteiger partial charge in [-0.1, -0.05) is 53.3 Å². The number of ether oxygens (including phenoxy) is 1. The molecule has 4 aromatic rings. The molecule has 1 amide bonds. The number of halogens is 1. The predicted octanol–water partition coefficient (Wildman–Crippen LogP) is 5.77. The van der Waals surface area contributed by atoms with Crippen LogP contribution >= 0.6 is 34.3 Å². The number of aromatic nitrogens is 1. The van der Waals surface area contributed by atoms with Gasteiger partial charge in [0.05, 0.1) is 33.3 Å². The van der Waals surface area contributed by atoms with Crippen LogP contribution in [0.3, 0.4) is 0 Å². The molecule has 30 heavy (non-hydrogen) atoms. The number of rotatable bonds is 4. The molecule has 8 heteroatoms. The first-order valence-electron chi connectivity index (χ1n) is 9.57. The van der Waals surface area contributed by atoms with E-state index in [0.29, 0.717) is 28.2 Å². The molecule has 1 fully saturated rings. The molecular weight excluding hydrogens is 438 g/mol. The van der Waals surface area contributed by atoms with Crippen molar-refractivity contribution in [3.8, 4) is 11.1 Å². The largest absolute Gasteiger partial charge is 0.378 e. The highest BCUT2D eigenvalue weighted by molar-refractivity contribution is 7.22. The van der Waals surface area contributed by atoms with Gasteiger partial charge in [-0.2, -0.15) is 0 Å². The van der Waals surface area contributed by atoms with Crippen molar-refractivity contribution in [1.82, 2.24) is 4.98 Å². The Morgan fingerprint density at radius 2 is 1.87 bits per heavy atom. The second-order valence-electron chi connectivity index (χ2n) is 6.88. The molecule has 1 saturated heterocycles. The average Bonchev–Trinajstić information content (AvgIpc) is 3.39. The van der Waals surface area contributed by atoms with Gasteiger partial charge in [-0.05, 0) is 29.8 Å². The van der Waals surface area contributed by atoms with E-state index in [1.165, 1.54) is 22.7 Å². The summed E-state index contributed by atoms with van der Waals surface area (Å²) in [5.74, 6) is -0.151. The second-order valence-corrected chi connectivity index (χ2v) is 9.38. The lowest BCUT2D eigenvalue weighted by Crippen LogP contribution is -2.35.